The molecule has 0 spiro atoms. The number of benzene rings is 1. The lowest BCUT2D eigenvalue weighted by Crippen LogP contribution is -2.52. The number of piperidine rings is 1. The molecule has 1 aliphatic heterocycles. The summed E-state index contributed by atoms with van der Waals surface area (Å²) in [5, 5.41) is 12.8. The van der Waals surface area contributed by atoms with Gasteiger partial charge in [0, 0.05) is 32.0 Å². The first-order valence-electron chi connectivity index (χ1n) is 9.19. The minimum Gasteiger partial charge on any atom is -0.396 e. The van der Waals surface area contributed by atoms with Crippen LogP contribution < -0.4 is 5.32 Å². The number of likely N-dealkylation sites (tertiary alicyclic amines) is 1. The van der Waals surface area contributed by atoms with Gasteiger partial charge in [0.2, 0.25) is 11.8 Å². The second kappa shape index (κ2) is 9.97. The minimum atomic E-state index is -0.448. The molecule has 1 aromatic carbocycles. The van der Waals surface area contributed by atoms with E-state index in [0.717, 1.165) is 25.0 Å². The van der Waals surface area contributed by atoms with Gasteiger partial charge in [-0.2, -0.15) is 11.8 Å². The normalized spacial score (nSPS) is 17.6. The summed E-state index contributed by atoms with van der Waals surface area (Å²) in [6, 6.07) is 9.75. The molecule has 26 heavy (non-hydrogen) atoms. The highest BCUT2D eigenvalue weighted by Crippen LogP contribution is 2.35. The lowest BCUT2D eigenvalue weighted by atomic mass is 9.74. The van der Waals surface area contributed by atoms with Crippen molar-refractivity contribution < 1.29 is 14.7 Å². The first-order valence-corrected chi connectivity index (χ1v) is 10.6. The van der Waals surface area contributed by atoms with Crippen LogP contribution in [-0.4, -0.2) is 59.6 Å². The Bertz CT molecular complexity index is 586. The Morgan fingerprint density at radius 1 is 1.27 bits per heavy atom. The first kappa shape index (κ1) is 20.8. The van der Waals surface area contributed by atoms with Crippen molar-refractivity contribution in [1.82, 2.24) is 10.2 Å². The van der Waals surface area contributed by atoms with Crippen LogP contribution in [0.3, 0.4) is 0 Å². The van der Waals surface area contributed by atoms with Gasteiger partial charge in [0.05, 0.1) is 0 Å². The van der Waals surface area contributed by atoms with Crippen LogP contribution in [0.4, 0.5) is 0 Å². The number of thioether (sulfide) groups is 1. The fourth-order valence-corrected chi connectivity index (χ4v) is 4.05. The maximum Gasteiger partial charge on any atom is 0.245 e. The summed E-state index contributed by atoms with van der Waals surface area (Å²) in [5.74, 6) is 0.662. The first-order chi connectivity index (χ1) is 12.5. The van der Waals surface area contributed by atoms with Gasteiger partial charge in [-0.05, 0) is 43.3 Å². The molecule has 0 radical (unpaired) electrons. The smallest absolute Gasteiger partial charge is 0.245 e. The lowest BCUT2D eigenvalue weighted by Gasteiger charge is -2.42. The van der Waals surface area contributed by atoms with E-state index in [0.29, 0.717) is 19.5 Å². The average Bonchev–Trinajstić information content (AvgIpc) is 2.65. The number of carbonyl (C=O) groups is 2. The Morgan fingerprint density at radius 3 is 2.46 bits per heavy atom. The number of carbonyl (C=O) groups excluding carboxylic acids is 2. The van der Waals surface area contributed by atoms with Crippen LogP contribution in [0.5, 0.6) is 0 Å². The molecule has 0 saturated carbocycles. The van der Waals surface area contributed by atoms with E-state index in [9.17, 15) is 14.7 Å². The van der Waals surface area contributed by atoms with E-state index in [4.69, 9.17) is 0 Å². The molecule has 0 aromatic heterocycles. The van der Waals surface area contributed by atoms with E-state index in [2.05, 4.69) is 17.4 Å². The van der Waals surface area contributed by atoms with Crippen LogP contribution >= 0.6 is 11.8 Å². The van der Waals surface area contributed by atoms with Gasteiger partial charge in [-0.3, -0.25) is 9.59 Å². The predicted molar refractivity (Wildman–Crippen MR) is 106 cm³/mol. The number of aliphatic hydroxyl groups excluding tert-OH is 1. The van der Waals surface area contributed by atoms with Gasteiger partial charge >= 0.3 is 0 Å². The minimum absolute atomic E-state index is 0.000464. The zero-order chi connectivity index (χ0) is 19.0. The number of nitrogens with one attached hydrogen (secondary N) is 1. The molecule has 0 bridgehead atoms. The molecule has 2 amide bonds. The van der Waals surface area contributed by atoms with Gasteiger partial charge in [0.1, 0.15) is 6.04 Å². The third-order valence-electron chi connectivity index (χ3n) is 5.18. The van der Waals surface area contributed by atoms with E-state index in [1.165, 1.54) is 12.5 Å². The van der Waals surface area contributed by atoms with E-state index >= 15 is 0 Å². The van der Waals surface area contributed by atoms with Crippen molar-refractivity contribution in [2.45, 2.75) is 38.6 Å². The number of aliphatic hydroxyl groups is 1. The van der Waals surface area contributed by atoms with Crippen molar-refractivity contribution in [3.8, 4) is 0 Å². The fraction of sp³-hybridized carbons (Fsp3) is 0.600. The fourth-order valence-electron chi connectivity index (χ4n) is 3.58. The van der Waals surface area contributed by atoms with Crippen LogP contribution in [0.1, 0.15) is 31.7 Å². The van der Waals surface area contributed by atoms with Gasteiger partial charge in [0.15, 0.2) is 0 Å². The van der Waals surface area contributed by atoms with Gasteiger partial charge in [-0.1, -0.05) is 30.3 Å². The molecule has 5 nitrogen and oxygen atoms in total. The highest BCUT2D eigenvalue weighted by Gasteiger charge is 2.37. The Balaban J connectivity index is 1.98. The Morgan fingerprint density at radius 2 is 1.92 bits per heavy atom. The van der Waals surface area contributed by atoms with E-state index in [-0.39, 0.29) is 23.8 Å². The van der Waals surface area contributed by atoms with Crippen molar-refractivity contribution in [3.05, 3.63) is 35.9 Å². The van der Waals surface area contributed by atoms with Crippen LogP contribution in [0, 0.1) is 5.41 Å². The highest BCUT2D eigenvalue weighted by atomic mass is 32.2. The maximum absolute atomic E-state index is 12.8. The van der Waals surface area contributed by atoms with Crippen molar-refractivity contribution in [1.29, 1.82) is 0 Å². The molecule has 1 aromatic rings. The zero-order valence-electron chi connectivity index (χ0n) is 15.7. The largest absolute Gasteiger partial charge is 0.396 e. The molecule has 1 heterocycles. The quantitative estimate of drug-likeness (QED) is 0.727. The Kier molecular flexibility index (Phi) is 7.97. The summed E-state index contributed by atoms with van der Waals surface area (Å²) < 4.78 is 0. The molecular formula is C20H30N2O3S. The second-order valence-electron chi connectivity index (χ2n) is 7.18. The number of hydrogen-bond donors (Lipinski definition) is 2. The monoisotopic (exact) mass is 378 g/mol. The summed E-state index contributed by atoms with van der Waals surface area (Å²) in [6.07, 6.45) is 5.02. The van der Waals surface area contributed by atoms with Crippen LogP contribution in [0.2, 0.25) is 0 Å². The highest BCUT2D eigenvalue weighted by molar-refractivity contribution is 7.98. The Labute approximate surface area is 160 Å². The predicted octanol–water partition coefficient (Wildman–Crippen LogP) is 2.09. The van der Waals surface area contributed by atoms with E-state index in [1.54, 1.807) is 11.8 Å². The standard InChI is InChI=1S/C20H30N2O3S/c1-16(24)21-18(8-13-26-2)19(25)22-11-9-20(15-23,10-12-22)14-17-6-4-3-5-7-17/h3-7,18,23H,8-15H2,1-2H3,(H,21,24)/t18-/m0/s1. The van der Waals surface area contributed by atoms with Crippen LogP contribution in [-0.2, 0) is 16.0 Å². The van der Waals surface area contributed by atoms with E-state index < -0.39 is 6.04 Å². The summed E-state index contributed by atoms with van der Waals surface area (Å²) in [5.41, 5.74) is 1.05. The maximum atomic E-state index is 12.8. The number of amides is 2. The lowest BCUT2D eigenvalue weighted by molar-refractivity contribution is -0.138. The van der Waals surface area contributed by atoms with Gasteiger partial charge in [-0.25, -0.2) is 0 Å². The van der Waals surface area contributed by atoms with Gasteiger partial charge in [-0.15, -0.1) is 0 Å². The summed E-state index contributed by atoms with van der Waals surface area (Å²) >= 11 is 1.67. The molecule has 144 valence electrons. The molecule has 0 unspecified atom stereocenters. The summed E-state index contributed by atoms with van der Waals surface area (Å²) in [6.45, 7) is 2.83. The van der Waals surface area contributed by atoms with Crippen LogP contribution in [0.25, 0.3) is 0 Å². The average molecular weight is 379 g/mol. The van der Waals surface area contributed by atoms with Crippen molar-refractivity contribution in [2.75, 3.05) is 31.7 Å². The molecule has 6 heteroatoms. The Hall–Kier alpha value is -1.53. The topological polar surface area (TPSA) is 69.6 Å². The number of hydrogen-bond acceptors (Lipinski definition) is 4. The molecule has 0 aliphatic carbocycles. The third kappa shape index (κ3) is 5.74. The van der Waals surface area contributed by atoms with Crippen LogP contribution in [0.15, 0.2) is 30.3 Å². The third-order valence-corrected chi connectivity index (χ3v) is 5.82. The molecule has 1 fully saturated rings. The molecule has 1 aliphatic rings. The number of rotatable bonds is 8. The molecule has 1 atom stereocenters. The summed E-state index contributed by atoms with van der Waals surface area (Å²) in [4.78, 5) is 26.1. The molecule has 1 saturated heterocycles. The summed E-state index contributed by atoms with van der Waals surface area (Å²) in [7, 11) is 0. The van der Waals surface area contributed by atoms with Crippen molar-refractivity contribution in [3.63, 3.8) is 0 Å². The molecule has 2 rings (SSSR count). The van der Waals surface area contributed by atoms with Crippen molar-refractivity contribution in [2.24, 2.45) is 5.41 Å². The van der Waals surface area contributed by atoms with Crippen molar-refractivity contribution >= 4 is 23.6 Å². The number of nitrogens with zero attached hydrogens (tertiary/aromatic N) is 1. The van der Waals surface area contributed by atoms with E-state index in [1.807, 2.05) is 29.4 Å². The zero-order valence-corrected chi connectivity index (χ0v) is 16.6. The SMILES string of the molecule is CSCC[C@H](NC(C)=O)C(=O)N1CCC(CO)(Cc2ccccc2)CC1. The van der Waals surface area contributed by atoms with Gasteiger partial charge in [0.25, 0.3) is 0 Å². The molecular weight excluding hydrogens is 348 g/mol. The molecule has 2 N–H and O–H groups in total. The van der Waals surface area contributed by atoms with Gasteiger partial charge < -0.3 is 15.3 Å². The second-order valence-corrected chi connectivity index (χ2v) is 8.17.